The van der Waals surface area contributed by atoms with Crippen molar-refractivity contribution >= 4 is 21.9 Å². The van der Waals surface area contributed by atoms with Crippen molar-refractivity contribution in [2.75, 3.05) is 50.8 Å². The molecule has 0 unspecified atom stereocenters. The van der Waals surface area contributed by atoms with E-state index in [9.17, 15) is 18.0 Å². The molecule has 4 amide bonds. The molecule has 3 aliphatic heterocycles. The van der Waals surface area contributed by atoms with Gasteiger partial charge in [0.25, 0.3) is 0 Å². The summed E-state index contributed by atoms with van der Waals surface area (Å²) in [6.07, 6.45) is 2.53. The highest BCUT2D eigenvalue weighted by atomic mass is 32.2. The van der Waals surface area contributed by atoms with E-state index in [0.29, 0.717) is 13.1 Å². The van der Waals surface area contributed by atoms with Crippen molar-refractivity contribution in [2.24, 2.45) is 0 Å². The van der Waals surface area contributed by atoms with Gasteiger partial charge in [-0.25, -0.2) is 18.0 Å². The van der Waals surface area contributed by atoms with Crippen molar-refractivity contribution < 1.29 is 18.0 Å². The van der Waals surface area contributed by atoms with Gasteiger partial charge in [-0.2, -0.15) is 0 Å². The second-order valence-corrected chi connectivity index (χ2v) is 8.72. The molecule has 0 radical (unpaired) electrons. The van der Waals surface area contributed by atoms with Crippen LogP contribution < -0.4 is 5.32 Å². The Morgan fingerprint density at radius 3 is 2.22 bits per heavy atom. The van der Waals surface area contributed by atoms with E-state index in [4.69, 9.17) is 0 Å². The van der Waals surface area contributed by atoms with Crippen LogP contribution in [0.25, 0.3) is 0 Å². The van der Waals surface area contributed by atoms with E-state index in [1.54, 1.807) is 9.80 Å². The number of rotatable bonds is 1. The molecule has 130 valence electrons. The number of carbonyl (C=O) groups excluding carboxylic acids is 2. The fourth-order valence-electron chi connectivity index (χ4n) is 3.47. The first-order chi connectivity index (χ1) is 11.0. The Bertz CT molecular complexity index is 557. The van der Waals surface area contributed by atoms with E-state index in [-0.39, 0.29) is 42.7 Å². The lowest BCUT2D eigenvalue weighted by atomic mass is 10.0. The van der Waals surface area contributed by atoms with Gasteiger partial charge >= 0.3 is 12.1 Å². The number of amides is 4. The third kappa shape index (κ3) is 3.70. The summed E-state index contributed by atoms with van der Waals surface area (Å²) in [5, 5.41) is 2.86. The van der Waals surface area contributed by atoms with Crippen molar-refractivity contribution in [1.82, 2.24) is 20.0 Å². The summed E-state index contributed by atoms with van der Waals surface area (Å²) in [6.45, 7) is 3.34. The van der Waals surface area contributed by atoms with Crippen LogP contribution in [-0.2, 0) is 9.84 Å². The minimum atomic E-state index is -2.97. The van der Waals surface area contributed by atoms with Gasteiger partial charge in [-0.1, -0.05) is 0 Å². The molecule has 0 aromatic heterocycles. The molecule has 1 N–H and O–H groups in total. The van der Waals surface area contributed by atoms with Gasteiger partial charge in [0.05, 0.1) is 11.5 Å². The highest BCUT2D eigenvalue weighted by molar-refractivity contribution is 7.91. The summed E-state index contributed by atoms with van der Waals surface area (Å²) >= 11 is 0. The number of nitrogens with one attached hydrogen (secondary N) is 1. The Hall–Kier alpha value is -1.51. The van der Waals surface area contributed by atoms with Crippen molar-refractivity contribution in [2.45, 2.75) is 25.3 Å². The van der Waals surface area contributed by atoms with Crippen molar-refractivity contribution in [1.29, 1.82) is 0 Å². The number of urea groups is 2. The van der Waals surface area contributed by atoms with Crippen LogP contribution in [-0.4, -0.2) is 92.0 Å². The van der Waals surface area contributed by atoms with Crippen LogP contribution in [0.5, 0.6) is 0 Å². The molecule has 3 fully saturated rings. The maximum Gasteiger partial charge on any atom is 0.320 e. The van der Waals surface area contributed by atoms with Crippen LogP contribution in [0.2, 0.25) is 0 Å². The molecule has 3 saturated heterocycles. The van der Waals surface area contributed by atoms with E-state index in [1.165, 1.54) is 0 Å². The molecule has 0 atom stereocenters. The predicted octanol–water partition coefficient (Wildman–Crippen LogP) is -0.283. The molecular weight excluding hydrogens is 320 g/mol. The molecule has 9 heteroatoms. The highest BCUT2D eigenvalue weighted by Crippen LogP contribution is 2.20. The first-order valence-corrected chi connectivity index (χ1v) is 10.1. The van der Waals surface area contributed by atoms with Crippen LogP contribution in [0.15, 0.2) is 0 Å². The monoisotopic (exact) mass is 344 g/mol. The van der Waals surface area contributed by atoms with Crippen LogP contribution in [0.3, 0.4) is 0 Å². The van der Waals surface area contributed by atoms with Crippen LogP contribution in [0, 0.1) is 0 Å². The third-order valence-corrected chi connectivity index (χ3v) is 6.51. The molecule has 3 aliphatic rings. The zero-order valence-corrected chi connectivity index (χ0v) is 14.1. The van der Waals surface area contributed by atoms with Crippen LogP contribution in [0.1, 0.15) is 19.3 Å². The Labute approximate surface area is 136 Å². The molecule has 0 saturated carbocycles. The summed E-state index contributed by atoms with van der Waals surface area (Å²) in [7, 11) is -2.97. The van der Waals surface area contributed by atoms with Gasteiger partial charge in [-0.3, -0.25) is 0 Å². The Balaban J connectivity index is 1.50. The largest absolute Gasteiger partial charge is 0.338 e. The number of hydrogen-bond donors (Lipinski definition) is 1. The van der Waals surface area contributed by atoms with Gasteiger partial charge in [-0.15, -0.1) is 0 Å². The summed E-state index contributed by atoms with van der Waals surface area (Å²) in [5.74, 6) is 0.117. The lowest BCUT2D eigenvalue weighted by Gasteiger charge is -2.41. The SMILES string of the molecule is O=C(N1CCC(N2CCCNC2=O)CC1)N1CCS(=O)(=O)CC1. The van der Waals surface area contributed by atoms with Gasteiger partial charge in [0.1, 0.15) is 0 Å². The van der Waals surface area contributed by atoms with Gasteiger partial charge in [0.2, 0.25) is 0 Å². The Morgan fingerprint density at radius 2 is 1.61 bits per heavy atom. The minimum Gasteiger partial charge on any atom is -0.338 e. The van der Waals surface area contributed by atoms with Crippen LogP contribution >= 0.6 is 0 Å². The maximum absolute atomic E-state index is 12.5. The number of sulfone groups is 1. The van der Waals surface area contributed by atoms with Gasteiger partial charge in [-0.05, 0) is 19.3 Å². The quantitative estimate of drug-likeness (QED) is 0.708. The smallest absolute Gasteiger partial charge is 0.320 e. The average molecular weight is 344 g/mol. The number of hydrogen-bond acceptors (Lipinski definition) is 4. The fourth-order valence-corrected chi connectivity index (χ4v) is 4.67. The molecule has 8 nitrogen and oxygen atoms in total. The Kier molecular flexibility index (Phi) is 4.65. The lowest BCUT2D eigenvalue weighted by Crippen LogP contribution is -2.56. The first kappa shape index (κ1) is 16.4. The molecule has 0 bridgehead atoms. The minimum absolute atomic E-state index is 0.00210. The van der Waals surface area contributed by atoms with Crippen molar-refractivity contribution in [3.05, 3.63) is 0 Å². The highest BCUT2D eigenvalue weighted by Gasteiger charge is 2.33. The summed E-state index contributed by atoms with van der Waals surface area (Å²) in [4.78, 5) is 29.7. The van der Waals surface area contributed by atoms with E-state index >= 15 is 0 Å². The molecule has 0 spiro atoms. The van der Waals surface area contributed by atoms with Crippen molar-refractivity contribution in [3.8, 4) is 0 Å². The van der Waals surface area contributed by atoms with Crippen molar-refractivity contribution in [3.63, 3.8) is 0 Å². The number of carbonyl (C=O) groups is 2. The third-order valence-electron chi connectivity index (χ3n) is 4.90. The molecule has 0 aromatic rings. The zero-order chi connectivity index (χ0) is 16.4. The van der Waals surface area contributed by atoms with Crippen LogP contribution in [0.4, 0.5) is 9.59 Å². The number of nitrogens with zero attached hydrogens (tertiary/aromatic N) is 3. The average Bonchev–Trinajstić information content (AvgIpc) is 2.55. The molecule has 3 rings (SSSR count). The molecule has 23 heavy (non-hydrogen) atoms. The second-order valence-electron chi connectivity index (χ2n) is 6.42. The normalized spacial score (nSPS) is 26.1. The topological polar surface area (TPSA) is 90.0 Å². The standard InChI is InChI=1S/C14H24N4O4S/c19-13-15-4-1-5-18(13)12-2-6-16(7-3-12)14(20)17-8-10-23(21,22)11-9-17/h12H,1-11H2,(H,15,19). The number of piperidine rings is 1. The zero-order valence-electron chi connectivity index (χ0n) is 13.2. The molecule has 0 aromatic carbocycles. The lowest BCUT2D eigenvalue weighted by molar-refractivity contribution is 0.106. The summed E-state index contributed by atoms with van der Waals surface area (Å²) < 4.78 is 22.9. The summed E-state index contributed by atoms with van der Waals surface area (Å²) in [6, 6.07) is 0.129. The maximum atomic E-state index is 12.5. The van der Waals surface area contributed by atoms with Gasteiger partial charge in [0.15, 0.2) is 9.84 Å². The van der Waals surface area contributed by atoms with Gasteiger partial charge < -0.3 is 20.0 Å². The second kappa shape index (κ2) is 6.54. The molecule has 0 aliphatic carbocycles. The summed E-state index contributed by atoms with van der Waals surface area (Å²) in [5.41, 5.74) is 0. The molecule has 3 heterocycles. The predicted molar refractivity (Wildman–Crippen MR) is 84.9 cm³/mol. The molecular formula is C14H24N4O4S. The van der Waals surface area contributed by atoms with E-state index < -0.39 is 9.84 Å². The van der Waals surface area contributed by atoms with E-state index in [2.05, 4.69) is 5.32 Å². The Morgan fingerprint density at radius 1 is 1.00 bits per heavy atom. The van der Waals surface area contributed by atoms with E-state index in [1.807, 2.05) is 4.90 Å². The first-order valence-electron chi connectivity index (χ1n) is 8.25. The van der Waals surface area contributed by atoms with E-state index in [0.717, 1.165) is 32.4 Å². The fraction of sp³-hybridized carbons (Fsp3) is 0.857. The van der Waals surface area contributed by atoms with Gasteiger partial charge in [0, 0.05) is 45.3 Å². The number of likely N-dealkylation sites (tertiary alicyclic amines) is 1.